The van der Waals surface area contributed by atoms with Crippen LogP contribution in [0.2, 0.25) is 0 Å². The molecule has 1 rings (SSSR count). The average molecular weight is 238 g/mol. The van der Waals surface area contributed by atoms with Crippen molar-refractivity contribution in [1.29, 1.82) is 0 Å². The van der Waals surface area contributed by atoms with Gasteiger partial charge in [-0.1, -0.05) is 18.2 Å². The highest BCUT2D eigenvalue weighted by Crippen LogP contribution is 2.18. The summed E-state index contributed by atoms with van der Waals surface area (Å²) in [4.78, 5) is 21.8. The maximum absolute atomic E-state index is 11.2. The van der Waals surface area contributed by atoms with Crippen LogP contribution in [0, 0.1) is 0 Å². The van der Waals surface area contributed by atoms with Gasteiger partial charge in [0.05, 0.1) is 6.61 Å². The lowest BCUT2D eigenvalue weighted by molar-refractivity contribution is -0.159. The van der Waals surface area contributed by atoms with Gasteiger partial charge in [-0.05, 0) is 18.6 Å². The molecule has 17 heavy (non-hydrogen) atoms. The number of hydrogen-bond acceptors (Lipinski definition) is 5. The molecular formula is C12H14O5. The molecule has 2 atom stereocenters. The Morgan fingerprint density at radius 1 is 1.47 bits per heavy atom. The predicted octanol–water partition coefficient (Wildman–Crippen LogP) is 0.457. The molecule has 2 unspecified atom stereocenters. The van der Waals surface area contributed by atoms with E-state index in [4.69, 9.17) is 0 Å². The molecule has 0 saturated carbocycles. The Morgan fingerprint density at radius 2 is 2.18 bits per heavy atom. The third kappa shape index (κ3) is 3.37. The number of carbonyl (C=O) groups is 2. The maximum Gasteiger partial charge on any atom is 0.338 e. The van der Waals surface area contributed by atoms with Crippen LogP contribution in [-0.4, -0.2) is 35.2 Å². The second-order valence-electron chi connectivity index (χ2n) is 3.43. The number of benzene rings is 1. The number of aliphatic hydroxyl groups excluding tert-OH is 2. The van der Waals surface area contributed by atoms with Gasteiger partial charge in [0.1, 0.15) is 12.4 Å². The van der Waals surface area contributed by atoms with Gasteiger partial charge in [-0.15, -0.1) is 0 Å². The largest absolute Gasteiger partial charge is 0.464 e. The predicted molar refractivity (Wildman–Crippen MR) is 59.4 cm³/mol. The van der Waals surface area contributed by atoms with E-state index in [9.17, 15) is 19.8 Å². The maximum atomic E-state index is 11.2. The summed E-state index contributed by atoms with van der Waals surface area (Å²) in [6.45, 7) is 1.72. The molecule has 1 aromatic rings. The fourth-order valence-electron chi connectivity index (χ4n) is 1.36. The zero-order chi connectivity index (χ0) is 12.8. The van der Waals surface area contributed by atoms with Crippen molar-refractivity contribution >= 4 is 12.3 Å². The van der Waals surface area contributed by atoms with Crippen LogP contribution in [0.5, 0.6) is 0 Å². The Morgan fingerprint density at radius 3 is 2.76 bits per heavy atom. The molecule has 5 heteroatoms. The normalized spacial score (nSPS) is 13.8. The van der Waals surface area contributed by atoms with Crippen molar-refractivity contribution in [1.82, 2.24) is 0 Å². The molecule has 0 aromatic heterocycles. The second-order valence-corrected chi connectivity index (χ2v) is 3.43. The Balaban J connectivity index is 2.83. The number of carbonyl (C=O) groups excluding carboxylic acids is 2. The molecule has 0 spiro atoms. The van der Waals surface area contributed by atoms with E-state index >= 15 is 0 Å². The molecule has 0 aliphatic carbocycles. The summed E-state index contributed by atoms with van der Waals surface area (Å²) in [5.41, 5.74) is 0.646. The molecule has 0 aliphatic heterocycles. The molecule has 0 saturated heterocycles. The van der Waals surface area contributed by atoms with E-state index in [2.05, 4.69) is 4.74 Å². The summed E-state index contributed by atoms with van der Waals surface area (Å²) in [5, 5.41) is 19.3. The van der Waals surface area contributed by atoms with Crippen molar-refractivity contribution in [3.8, 4) is 0 Å². The average Bonchev–Trinajstić information content (AvgIpc) is 2.37. The van der Waals surface area contributed by atoms with Crippen LogP contribution in [0.1, 0.15) is 28.9 Å². The zero-order valence-corrected chi connectivity index (χ0v) is 9.37. The topological polar surface area (TPSA) is 83.8 Å². The van der Waals surface area contributed by atoms with E-state index in [1.807, 2.05) is 0 Å². The van der Waals surface area contributed by atoms with Gasteiger partial charge < -0.3 is 14.9 Å². The van der Waals surface area contributed by atoms with Gasteiger partial charge in [0.2, 0.25) is 0 Å². The standard InChI is InChI=1S/C12H14O5/c1-2-17-12(16)11(15)10(14)9-5-3-4-8(6-9)7-13/h3-7,10-11,14-15H,2H2,1H3. The number of hydrogen-bond donors (Lipinski definition) is 2. The van der Waals surface area contributed by atoms with Gasteiger partial charge in [-0.3, -0.25) is 4.79 Å². The summed E-state index contributed by atoms with van der Waals surface area (Å²) < 4.78 is 4.58. The quantitative estimate of drug-likeness (QED) is 0.575. The molecular weight excluding hydrogens is 224 g/mol. The Hall–Kier alpha value is -1.72. The number of ether oxygens (including phenoxy) is 1. The van der Waals surface area contributed by atoms with Crippen molar-refractivity contribution in [2.45, 2.75) is 19.1 Å². The lowest BCUT2D eigenvalue weighted by Gasteiger charge is -2.16. The minimum absolute atomic E-state index is 0.122. The molecule has 0 aliphatic rings. The van der Waals surface area contributed by atoms with Gasteiger partial charge in [0.25, 0.3) is 0 Å². The lowest BCUT2D eigenvalue weighted by atomic mass is 10.0. The van der Waals surface area contributed by atoms with Crippen molar-refractivity contribution in [2.75, 3.05) is 6.61 Å². The van der Waals surface area contributed by atoms with E-state index in [1.165, 1.54) is 12.1 Å². The second kappa shape index (κ2) is 6.12. The van der Waals surface area contributed by atoms with E-state index in [0.717, 1.165) is 0 Å². The monoisotopic (exact) mass is 238 g/mol. The molecule has 2 N–H and O–H groups in total. The van der Waals surface area contributed by atoms with E-state index < -0.39 is 18.2 Å². The number of aldehydes is 1. The van der Waals surface area contributed by atoms with Crippen molar-refractivity contribution in [2.24, 2.45) is 0 Å². The third-order valence-corrected chi connectivity index (χ3v) is 2.22. The van der Waals surface area contributed by atoms with Gasteiger partial charge >= 0.3 is 5.97 Å². The molecule has 0 amide bonds. The molecule has 0 fully saturated rings. The zero-order valence-electron chi connectivity index (χ0n) is 9.37. The highest BCUT2D eigenvalue weighted by atomic mass is 16.5. The molecule has 0 bridgehead atoms. The van der Waals surface area contributed by atoms with Crippen LogP contribution in [0.15, 0.2) is 24.3 Å². The van der Waals surface area contributed by atoms with Crippen LogP contribution in [0.3, 0.4) is 0 Å². The highest BCUT2D eigenvalue weighted by Gasteiger charge is 2.26. The summed E-state index contributed by atoms with van der Waals surface area (Å²) in [7, 11) is 0. The SMILES string of the molecule is CCOC(=O)C(O)C(O)c1cccc(C=O)c1. The first-order valence-electron chi connectivity index (χ1n) is 5.18. The summed E-state index contributed by atoms with van der Waals surface area (Å²) in [6, 6.07) is 6.03. The highest BCUT2D eigenvalue weighted by molar-refractivity contribution is 5.77. The van der Waals surface area contributed by atoms with Crippen molar-refractivity contribution in [3.05, 3.63) is 35.4 Å². The molecule has 1 aromatic carbocycles. The first-order valence-corrected chi connectivity index (χ1v) is 5.18. The van der Waals surface area contributed by atoms with Crippen LogP contribution in [0.25, 0.3) is 0 Å². The Bertz CT molecular complexity index is 402. The lowest BCUT2D eigenvalue weighted by Crippen LogP contribution is -2.29. The fourth-order valence-corrected chi connectivity index (χ4v) is 1.36. The van der Waals surface area contributed by atoms with Crippen LogP contribution in [-0.2, 0) is 9.53 Å². The minimum Gasteiger partial charge on any atom is -0.464 e. The summed E-state index contributed by atoms with van der Waals surface area (Å²) in [6.07, 6.45) is -2.45. The summed E-state index contributed by atoms with van der Waals surface area (Å²) in [5.74, 6) is -0.892. The van der Waals surface area contributed by atoms with Crippen LogP contribution in [0.4, 0.5) is 0 Å². The minimum atomic E-state index is -1.66. The first-order chi connectivity index (χ1) is 8.10. The van der Waals surface area contributed by atoms with Gasteiger partial charge in [-0.2, -0.15) is 0 Å². The fraction of sp³-hybridized carbons (Fsp3) is 0.333. The number of rotatable bonds is 5. The van der Waals surface area contributed by atoms with Gasteiger partial charge in [0, 0.05) is 5.56 Å². The Labute approximate surface area is 98.6 Å². The van der Waals surface area contributed by atoms with Crippen LogP contribution >= 0.6 is 0 Å². The van der Waals surface area contributed by atoms with E-state index in [1.54, 1.807) is 19.1 Å². The molecule has 0 radical (unpaired) electrons. The van der Waals surface area contributed by atoms with E-state index in [0.29, 0.717) is 11.8 Å². The third-order valence-electron chi connectivity index (χ3n) is 2.22. The van der Waals surface area contributed by atoms with Crippen LogP contribution < -0.4 is 0 Å². The molecule has 0 heterocycles. The summed E-state index contributed by atoms with van der Waals surface area (Å²) >= 11 is 0. The number of esters is 1. The Kier molecular flexibility index (Phi) is 4.81. The van der Waals surface area contributed by atoms with Crippen molar-refractivity contribution in [3.63, 3.8) is 0 Å². The van der Waals surface area contributed by atoms with Gasteiger partial charge in [-0.25, -0.2) is 4.79 Å². The first kappa shape index (κ1) is 13.3. The van der Waals surface area contributed by atoms with Gasteiger partial charge in [0.15, 0.2) is 6.10 Å². The van der Waals surface area contributed by atoms with Crippen molar-refractivity contribution < 1.29 is 24.5 Å². The smallest absolute Gasteiger partial charge is 0.338 e. The molecule has 5 nitrogen and oxygen atoms in total. The molecule has 92 valence electrons. The van der Waals surface area contributed by atoms with E-state index in [-0.39, 0.29) is 12.2 Å². The number of aliphatic hydroxyl groups is 2.